The SMILES string of the molecule is CCOCCN(CCCl)[PH](=O)OCCCN. The highest BCUT2D eigenvalue weighted by atomic mass is 35.5. The van der Waals surface area contributed by atoms with E-state index in [4.69, 9.17) is 26.6 Å². The molecule has 0 fully saturated rings. The third-order valence-corrected chi connectivity index (χ3v) is 3.48. The Bertz CT molecular complexity index is 186. The number of hydrogen-bond donors (Lipinski definition) is 1. The van der Waals surface area contributed by atoms with Crippen LogP contribution in [-0.4, -0.2) is 50.0 Å². The Hall–Kier alpha value is 0.360. The minimum absolute atomic E-state index is 0.432. The van der Waals surface area contributed by atoms with Gasteiger partial charge in [0.25, 0.3) is 8.18 Å². The molecule has 0 heterocycles. The summed E-state index contributed by atoms with van der Waals surface area (Å²) in [6.07, 6.45) is 0.719. The lowest BCUT2D eigenvalue weighted by atomic mass is 10.5. The number of alkyl halides is 1. The van der Waals surface area contributed by atoms with Crippen LogP contribution in [0.2, 0.25) is 0 Å². The first-order valence-electron chi connectivity index (χ1n) is 5.51. The molecule has 0 aromatic rings. The van der Waals surface area contributed by atoms with E-state index >= 15 is 0 Å². The van der Waals surface area contributed by atoms with Gasteiger partial charge in [0.05, 0.1) is 13.2 Å². The maximum atomic E-state index is 11.7. The van der Waals surface area contributed by atoms with E-state index in [-0.39, 0.29) is 0 Å². The van der Waals surface area contributed by atoms with E-state index in [1.54, 1.807) is 4.67 Å². The standard InChI is InChI=1S/C9H22ClN2O3P/c1-2-14-9-7-12(6-4-10)16(13)15-8-3-5-11/h16H,2-9,11H2,1H3. The normalized spacial score (nSPS) is 13.2. The average molecular weight is 273 g/mol. The van der Waals surface area contributed by atoms with Crippen molar-refractivity contribution in [2.75, 3.05) is 45.3 Å². The summed E-state index contributed by atoms with van der Waals surface area (Å²) in [5.41, 5.74) is 5.32. The van der Waals surface area contributed by atoms with Gasteiger partial charge in [0.2, 0.25) is 0 Å². The Morgan fingerprint density at radius 1 is 1.38 bits per heavy atom. The summed E-state index contributed by atoms with van der Waals surface area (Å²) in [6.45, 7) is 5.24. The highest BCUT2D eigenvalue weighted by Crippen LogP contribution is 2.27. The molecule has 7 heteroatoms. The first-order chi connectivity index (χ1) is 7.76. The van der Waals surface area contributed by atoms with Crippen LogP contribution in [0.25, 0.3) is 0 Å². The molecule has 98 valence electrons. The van der Waals surface area contributed by atoms with Crippen molar-refractivity contribution >= 4 is 19.8 Å². The molecule has 0 aliphatic rings. The van der Waals surface area contributed by atoms with E-state index in [2.05, 4.69) is 0 Å². The molecule has 0 bridgehead atoms. The van der Waals surface area contributed by atoms with Gasteiger partial charge in [-0.15, -0.1) is 11.6 Å². The lowest BCUT2D eigenvalue weighted by molar-refractivity contribution is 0.132. The molecule has 0 aliphatic carbocycles. The fourth-order valence-electron chi connectivity index (χ4n) is 1.05. The van der Waals surface area contributed by atoms with Crippen molar-refractivity contribution in [1.82, 2.24) is 4.67 Å². The fraction of sp³-hybridized carbons (Fsp3) is 1.00. The van der Waals surface area contributed by atoms with Crippen LogP contribution in [0.1, 0.15) is 13.3 Å². The molecule has 0 aliphatic heterocycles. The van der Waals surface area contributed by atoms with Crippen LogP contribution in [0.4, 0.5) is 0 Å². The van der Waals surface area contributed by atoms with Gasteiger partial charge in [-0.25, -0.2) is 4.67 Å². The van der Waals surface area contributed by atoms with Gasteiger partial charge in [-0.2, -0.15) is 0 Å². The van der Waals surface area contributed by atoms with E-state index in [0.29, 0.717) is 45.3 Å². The van der Waals surface area contributed by atoms with Gasteiger partial charge in [0.1, 0.15) is 0 Å². The summed E-state index contributed by atoms with van der Waals surface area (Å²) in [5, 5.41) is 0. The van der Waals surface area contributed by atoms with Crippen LogP contribution in [0.3, 0.4) is 0 Å². The van der Waals surface area contributed by atoms with Gasteiger partial charge in [-0.05, 0) is 19.9 Å². The average Bonchev–Trinajstić information content (AvgIpc) is 2.28. The van der Waals surface area contributed by atoms with Crippen LogP contribution in [-0.2, 0) is 13.8 Å². The van der Waals surface area contributed by atoms with E-state index in [1.807, 2.05) is 6.92 Å². The van der Waals surface area contributed by atoms with Crippen LogP contribution in [0.5, 0.6) is 0 Å². The first kappa shape index (κ1) is 16.4. The van der Waals surface area contributed by atoms with Gasteiger partial charge in [-0.1, -0.05) is 0 Å². The summed E-state index contributed by atoms with van der Waals surface area (Å²) in [5.74, 6) is 0.433. The van der Waals surface area contributed by atoms with Crippen molar-refractivity contribution < 1.29 is 13.8 Å². The summed E-state index contributed by atoms with van der Waals surface area (Å²) in [6, 6.07) is 0. The monoisotopic (exact) mass is 272 g/mol. The molecular weight excluding hydrogens is 251 g/mol. The molecule has 0 saturated carbocycles. The predicted molar refractivity (Wildman–Crippen MR) is 67.4 cm³/mol. The number of ether oxygens (including phenoxy) is 1. The van der Waals surface area contributed by atoms with Gasteiger partial charge in [0, 0.05) is 25.6 Å². The molecule has 1 atom stereocenters. The van der Waals surface area contributed by atoms with Crippen molar-refractivity contribution in [1.29, 1.82) is 0 Å². The minimum Gasteiger partial charge on any atom is -0.380 e. The largest absolute Gasteiger partial charge is 0.380 e. The molecule has 0 aromatic carbocycles. The van der Waals surface area contributed by atoms with Gasteiger partial charge < -0.3 is 15.0 Å². The van der Waals surface area contributed by atoms with Gasteiger partial charge >= 0.3 is 0 Å². The zero-order valence-electron chi connectivity index (χ0n) is 9.78. The summed E-state index contributed by atoms with van der Waals surface area (Å²) < 4.78 is 23.9. The lowest BCUT2D eigenvalue weighted by Gasteiger charge is -2.20. The molecule has 0 radical (unpaired) electrons. The summed E-state index contributed by atoms with van der Waals surface area (Å²) >= 11 is 5.63. The topological polar surface area (TPSA) is 64.8 Å². The van der Waals surface area contributed by atoms with Crippen molar-refractivity contribution in [3.05, 3.63) is 0 Å². The predicted octanol–water partition coefficient (Wildman–Crippen LogP) is 1.32. The molecule has 0 aromatic heterocycles. The molecule has 0 rings (SSSR count). The zero-order chi connectivity index (χ0) is 12.2. The van der Waals surface area contributed by atoms with Gasteiger partial charge in [-0.3, -0.25) is 4.57 Å². The number of halogens is 1. The maximum absolute atomic E-state index is 11.7. The van der Waals surface area contributed by atoms with Crippen molar-refractivity contribution in [2.24, 2.45) is 5.73 Å². The zero-order valence-corrected chi connectivity index (χ0v) is 11.5. The van der Waals surface area contributed by atoms with E-state index < -0.39 is 8.18 Å². The fourth-order valence-corrected chi connectivity index (χ4v) is 2.47. The maximum Gasteiger partial charge on any atom is 0.260 e. The third-order valence-electron chi connectivity index (χ3n) is 1.90. The molecule has 16 heavy (non-hydrogen) atoms. The van der Waals surface area contributed by atoms with E-state index in [1.165, 1.54) is 0 Å². The molecule has 1 unspecified atom stereocenters. The first-order valence-corrected chi connectivity index (χ1v) is 7.31. The van der Waals surface area contributed by atoms with Crippen molar-refractivity contribution in [3.63, 3.8) is 0 Å². The molecule has 0 spiro atoms. The highest BCUT2D eigenvalue weighted by molar-refractivity contribution is 7.36. The van der Waals surface area contributed by atoms with E-state index in [9.17, 15) is 4.57 Å². The van der Waals surface area contributed by atoms with Crippen LogP contribution < -0.4 is 5.73 Å². The Balaban J connectivity index is 3.82. The van der Waals surface area contributed by atoms with Gasteiger partial charge in [0.15, 0.2) is 0 Å². The third kappa shape index (κ3) is 8.50. The van der Waals surface area contributed by atoms with Crippen LogP contribution >= 0.6 is 19.8 Å². The number of nitrogens with zero attached hydrogens (tertiary/aromatic N) is 1. The Labute approximate surface area is 103 Å². The Morgan fingerprint density at radius 3 is 2.69 bits per heavy atom. The van der Waals surface area contributed by atoms with Crippen molar-refractivity contribution in [2.45, 2.75) is 13.3 Å². The molecular formula is C9H22ClN2O3P. The van der Waals surface area contributed by atoms with Crippen LogP contribution in [0.15, 0.2) is 0 Å². The molecule has 0 saturated heterocycles. The lowest BCUT2D eigenvalue weighted by Crippen LogP contribution is -2.23. The molecule has 2 N–H and O–H groups in total. The number of hydrogen-bond acceptors (Lipinski definition) is 4. The smallest absolute Gasteiger partial charge is 0.260 e. The van der Waals surface area contributed by atoms with Crippen molar-refractivity contribution in [3.8, 4) is 0 Å². The molecule has 5 nitrogen and oxygen atoms in total. The quantitative estimate of drug-likeness (QED) is 0.349. The number of nitrogens with two attached hydrogens (primary N) is 1. The second-order valence-electron chi connectivity index (χ2n) is 3.13. The van der Waals surface area contributed by atoms with E-state index in [0.717, 1.165) is 6.42 Å². The second-order valence-corrected chi connectivity index (χ2v) is 4.96. The molecule has 0 amide bonds. The number of rotatable bonds is 11. The Kier molecular flexibility index (Phi) is 12.1. The Morgan fingerprint density at radius 2 is 2.12 bits per heavy atom. The second kappa shape index (κ2) is 11.8. The minimum atomic E-state index is -2.18. The summed E-state index contributed by atoms with van der Waals surface area (Å²) in [4.78, 5) is 0. The highest BCUT2D eigenvalue weighted by Gasteiger charge is 2.11. The summed E-state index contributed by atoms with van der Waals surface area (Å²) in [7, 11) is -2.18. The van der Waals surface area contributed by atoms with Crippen LogP contribution in [0, 0.1) is 0 Å².